The van der Waals surface area contributed by atoms with Crippen LogP contribution >= 0.6 is 0 Å². The third-order valence-electron chi connectivity index (χ3n) is 5.71. The van der Waals surface area contributed by atoms with E-state index in [9.17, 15) is 4.79 Å². The number of rotatable bonds is 5. The normalized spacial score (nSPS) is 19.7. The average molecular weight is 376 g/mol. The quantitative estimate of drug-likeness (QED) is 0.679. The molecule has 1 saturated carbocycles. The Morgan fingerprint density at radius 2 is 1.89 bits per heavy atom. The van der Waals surface area contributed by atoms with E-state index in [1.54, 1.807) is 0 Å². The first kappa shape index (κ1) is 17.2. The van der Waals surface area contributed by atoms with Gasteiger partial charge in [0.1, 0.15) is 0 Å². The van der Waals surface area contributed by atoms with E-state index in [4.69, 9.17) is 4.52 Å². The highest BCUT2D eigenvalue weighted by Crippen LogP contribution is 2.38. The maximum atomic E-state index is 13.0. The van der Waals surface area contributed by atoms with Crippen LogP contribution in [0.3, 0.4) is 0 Å². The number of carbonyl (C=O) groups excluding carboxylic acids is 1. The summed E-state index contributed by atoms with van der Waals surface area (Å²) in [7, 11) is 0. The van der Waals surface area contributed by atoms with Crippen molar-refractivity contribution in [3.8, 4) is 5.69 Å². The third kappa shape index (κ3) is 3.59. The minimum atomic E-state index is 0.105. The summed E-state index contributed by atoms with van der Waals surface area (Å²) in [6, 6.07) is 11.8. The van der Waals surface area contributed by atoms with E-state index in [1.165, 1.54) is 12.8 Å². The second kappa shape index (κ2) is 7.26. The van der Waals surface area contributed by atoms with Crippen LogP contribution < -0.4 is 0 Å². The minimum absolute atomic E-state index is 0.105. The van der Waals surface area contributed by atoms with Crippen LogP contribution in [0.4, 0.5) is 0 Å². The van der Waals surface area contributed by atoms with E-state index in [0.717, 1.165) is 55.3 Å². The molecule has 6 heteroatoms. The van der Waals surface area contributed by atoms with Crippen molar-refractivity contribution in [2.45, 2.75) is 38.0 Å². The highest BCUT2D eigenvalue weighted by molar-refractivity contribution is 5.94. The predicted molar refractivity (Wildman–Crippen MR) is 104 cm³/mol. The molecule has 0 N–H and O–H groups in total. The van der Waals surface area contributed by atoms with Crippen LogP contribution in [0.2, 0.25) is 0 Å². The molecule has 1 atom stereocenters. The SMILES string of the molecule is O=C(c1ccc(-n2cccc2)cc1)N1CCCC(Cc2nc(C3CC3)no2)C1. The molecule has 3 heterocycles. The third-order valence-corrected chi connectivity index (χ3v) is 5.71. The molecule has 2 fully saturated rings. The van der Waals surface area contributed by atoms with Crippen LogP contribution in [0.1, 0.15) is 53.7 Å². The maximum absolute atomic E-state index is 13.0. The smallest absolute Gasteiger partial charge is 0.253 e. The van der Waals surface area contributed by atoms with Crippen molar-refractivity contribution in [2.24, 2.45) is 5.92 Å². The molecule has 3 aromatic rings. The number of aromatic nitrogens is 3. The van der Waals surface area contributed by atoms with E-state index in [1.807, 2.05) is 58.3 Å². The molecule has 1 aromatic carbocycles. The summed E-state index contributed by atoms with van der Waals surface area (Å²) in [5.41, 5.74) is 1.80. The zero-order valence-electron chi connectivity index (χ0n) is 15.8. The van der Waals surface area contributed by atoms with E-state index in [0.29, 0.717) is 11.8 Å². The molecule has 1 saturated heterocycles. The summed E-state index contributed by atoms with van der Waals surface area (Å²) in [4.78, 5) is 19.5. The van der Waals surface area contributed by atoms with Crippen LogP contribution in [-0.2, 0) is 6.42 Å². The van der Waals surface area contributed by atoms with Gasteiger partial charge < -0.3 is 14.0 Å². The number of hydrogen-bond donors (Lipinski definition) is 0. The van der Waals surface area contributed by atoms with Gasteiger partial charge in [0, 0.05) is 49.1 Å². The molecule has 0 bridgehead atoms. The molecule has 2 aliphatic rings. The molecule has 144 valence electrons. The lowest BCUT2D eigenvalue weighted by atomic mass is 9.94. The van der Waals surface area contributed by atoms with Crippen molar-refractivity contribution in [1.29, 1.82) is 0 Å². The number of hydrogen-bond acceptors (Lipinski definition) is 4. The topological polar surface area (TPSA) is 64.2 Å². The number of benzene rings is 1. The fourth-order valence-electron chi connectivity index (χ4n) is 3.99. The van der Waals surface area contributed by atoms with Gasteiger partial charge in [0.25, 0.3) is 5.91 Å². The van der Waals surface area contributed by atoms with Crippen molar-refractivity contribution < 1.29 is 9.32 Å². The standard InChI is InChI=1S/C22H24N4O2/c27-22(18-7-9-19(10-8-18)25-11-1-2-12-25)26-13-3-4-16(15-26)14-20-23-21(24-28-20)17-5-6-17/h1-2,7-12,16-17H,3-6,13-15H2. The van der Waals surface area contributed by atoms with Gasteiger partial charge in [0.05, 0.1) is 0 Å². The first-order valence-corrected chi connectivity index (χ1v) is 10.1. The van der Waals surface area contributed by atoms with Gasteiger partial charge in [-0.3, -0.25) is 4.79 Å². The van der Waals surface area contributed by atoms with Gasteiger partial charge in [-0.1, -0.05) is 5.16 Å². The van der Waals surface area contributed by atoms with Crippen LogP contribution in [-0.4, -0.2) is 38.6 Å². The monoisotopic (exact) mass is 376 g/mol. The second-order valence-electron chi connectivity index (χ2n) is 7.92. The van der Waals surface area contributed by atoms with Gasteiger partial charge in [-0.2, -0.15) is 4.98 Å². The predicted octanol–water partition coefficient (Wildman–Crippen LogP) is 3.83. The lowest BCUT2D eigenvalue weighted by Crippen LogP contribution is -2.40. The zero-order valence-corrected chi connectivity index (χ0v) is 15.8. The maximum Gasteiger partial charge on any atom is 0.253 e. The van der Waals surface area contributed by atoms with Crippen LogP contribution in [0, 0.1) is 5.92 Å². The van der Waals surface area contributed by atoms with Crippen LogP contribution in [0.15, 0.2) is 53.3 Å². The Hall–Kier alpha value is -2.89. The average Bonchev–Trinajstić information content (AvgIpc) is 3.24. The molecule has 1 aliphatic heterocycles. The molecule has 6 nitrogen and oxygen atoms in total. The number of likely N-dealkylation sites (tertiary alicyclic amines) is 1. The lowest BCUT2D eigenvalue weighted by Gasteiger charge is -2.32. The molecular formula is C22H24N4O2. The van der Waals surface area contributed by atoms with E-state index < -0.39 is 0 Å². The lowest BCUT2D eigenvalue weighted by molar-refractivity contribution is 0.0668. The first-order valence-electron chi connectivity index (χ1n) is 10.1. The summed E-state index contributed by atoms with van der Waals surface area (Å²) in [5, 5.41) is 4.11. The second-order valence-corrected chi connectivity index (χ2v) is 7.92. The van der Waals surface area contributed by atoms with Gasteiger partial charge in [0.2, 0.25) is 5.89 Å². The van der Waals surface area contributed by atoms with Crippen LogP contribution in [0.5, 0.6) is 0 Å². The number of nitrogens with zero attached hydrogens (tertiary/aromatic N) is 4. The molecule has 0 radical (unpaired) electrons. The Kier molecular flexibility index (Phi) is 4.47. The van der Waals surface area contributed by atoms with Gasteiger partial charge in [-0.15, -0.1) is 0 Å². The molecule has 28 heavy (non-hydrogen) atoms. The molecular weight excluding hydrogens is 352 g/mol. The highest BCUT2D eigenvalue weighted by atomic mass is 16.5. The van der Waals surface area contributed by atoms with Crippen molar-refractivity contribution in [3.05, 3.63) is 66.1 Å². The fraction of sp³-hybridized carbons (Fsp3) is 0.409. The Labute approximate surface area is 164 Å². The molecule has 1 aliphatic carbocycles. The van der Waals surface area contributed by atoms with Gasteiger partial charge >= 0.3 is 0 Å². The fourth-order valence-corrected chi connectivity index (χ4v) is 3.99. The van der Waals surface area contributed by atoms with Crippen molar-refractivity contribution in [3.63, 3.8) is 0 Å². The first-order chi connectivity index (χ1) is 13.8. The van der Waals surface area contributed by atoms with E-state index in [-0.39, 0.29) is 5.91 Å². The summed E-state index contributed by atoms with van der Waals surface area (Å²) in [6.45, 7) is 1.56. The summed E-state index contributed by atoms with van der Waals surface area (Å²) >= 11 is 0. The number of piperidine rings is 1. The largest absolute Gasteiger partial charge is 0.339 e. The Morgan fingerprint density at radius 3 is 2.64 bits per heavy atom. The van der Waals surface area contributed by atoms with Gasteiger partial charge in [-0.05, 0) is 68.0 Å². The molecule has 5 rings (SSSR count). The minimum Gasteiger partial charge on any atom is -0.339 e. The number of amides is 1. The van der Waals surface area contributed by atoms with E-state index >= 15 is 0 Å². The summed E-state index contributed by atoms with van der Waals surface area (Å²) < 4.78 is 7.46. The highest BCUT2D eigenvalue weighted by Gasteiger charge is 2.30. The Bertz CT molecular complexity index is 941. The van der Waals surface area contributed by atoms with Gasteiger partial charge in [-0.25, -0.2) is 0 Å². The van der Waals surface area contributed by atoms with Crippen molar-refractivity contribution in [1.82, 2.24) is 19.6 Å². The van der Waals surface area contributed by atoms with Crippen molar-refractivity contribution in [2.75, 3.05) is 13.1 Å². The number of carbonyl (C=O) groups is 1. The molecule has 1 unspecified atom stereocenters. The molecule has 1 amide bonds. The van der Waals surface area contributed by atoms with Crippen molar-refractivity contribution >= 4 is 5.91 Å². The Morgan fingerprint density at radius 1 is 1.11 bits per heavy atom. The molecule has 2 aromatic heterocycles. The Balaban J connectivity index is 1.23. The zero-order chi connectivity index (χ0) is 18.9. The summed E-state index contributed by atoms with van der Waals surface area (Å²) in [5.74, 6) is 2.58. The van der Waals surface area contributed by atoms with Crippen LogP contribution in [0.25, 0.3) is 5.69 Å². The van der Waals surface area contributed by atoms with E-state index in [2.05, 4.69) is 10.1 Å². The summed E-state index contributed by atoms with van der Waals surface area (Å²) in [6.07, 6.45) is 9.22. The van der Waals surface area contributed by atoms with Gasteiger partial charge in [0.15, 0.2) is 5.82 Å². The molecule has 0 spiro atoms.